The largest absolute Gasteiger partial charge is 0.366 e. The molecule has 6 heteroatoms. The van der Waals surface area contributed by atoms with Crippen LogP contribution in [0.5, 0.6) is 0 Å². The normalized spacial score (nSPS) is 13.5. The molecule has 0 atom stereocenters. The van der Waals surface area contributed by atoms with Crippen molar-refractivity contribution in [3.05, 3.63) is 65.2 Å². The molecule has 0 spiro atoms. The summed E-state index contributed by atoms with van der Waals surface area (Å²) in [6.45, 7) is 1.61. The molecule has 1 fully saturated rings. The molecule has 0 unspecified atom stereocenters. The van der Waals surface area contributed by atoms with Gasteiger partial charge in [-0.2, -0.15) is 0 Å². The predicted octanol–water partition coefficient (Wildman–Crippen LogP) is 2.27. The number of amides is 3. The molecule has 3 rings (SSSR count). The maximum Gasteiger partial charge on any atom is 0.255 e. The first kappa shape index (κ1) is 16.7. The van der Waals surface area contributed by atoms with Gasteiger partial charge < -0.3 is 16.0 Å². The number of anilines is 1. The minimum Gasteiger partial charge on any atom is -0.366 e. The lowest BCUT2D eigenvalue weighted by atomic mass is 10.1. The van der Waals surface area contributed by atoms with Crippen LogP contribution in [0.3, 0.4) is 0 Å². The monoisotopic (exact) mass is 337 g/mol. The SMILES string of the molecule is NC(=O)c1ccc(C(=O)Nc2ccc(C(=O)N3CCCC3)cc2)cc1. The summed E-state index contributed by atoms with van der Waals surface area (Å²) in [7, 11) is 0. The zero-order valence-corrected chi connectivity index (χ0v) is 13.7. The second-order valence-electron chi connectivity index (χ2n) is 5.97. The van der Waals surface area contributed by atoms with Crippen LogP contribution < -0.4 is 11.1 Å². The lowest BCUT2D eigenvalue weighted by Gasteiger charge is -2.15. The van der Waals surface area contributed by atoms with E-state index in [-0.39, 0.29) is 11.8 Å². The van der Waals surface area contributed by atoms with Gasteiger partial charge in [-0.3, -0.25) is 14.4 Å². The topological polar surface area (TPSA) is 92.5 Å². The number of rotatable bonds is 4. The van der Waals surface area contributed by atoms with Gasteiger partial charge in [-0.25, -0.2) is 0 Å². The molecular weight excluding hydrogens is 318 g/mol. The van der Waals surface area contributed by atoms with Crippen LogP contribution in [0.15, 0.2) is 48.5 Å². The van der Waals surface area contributed by atoms with Gasteiger partial charge >= 0.3 is 0 Å². The summed E-state index contributed by atoms with van der Waals surface area (Å²) < 4.78 is 0. The van der Waals surface area contributed by atoms with E-state index in [9.17, 15) is 14.4 Å². The molecule has 0 radical (unpaired) electrons. The van der Waals surface area contributed by atoms with Crippen molar-refractivity contribution in [2.24, 2.45) is 5.73 Å². The van der Waals surface area contributed by atoms with E-state index < -0.39 is 5.91 Å². The number of carbonyl (C=O) groups is 3. The number of benzene rings is 2. The quantitative estimate of drug-likeness (QED) is 0.896. The maximum absolute atomic E-state index is 12.3. The first-order valence-electron chi connectivity index (χ1n) is 8.15. The molecule has 0 aliphatic carbocycles. The van der Waals surface area contributed by atoms with Crippen LogP contribution in [0.4, 0.5) is 5.69 Å². The summed E-state index contributed by atoms with van der Waals surface area (Å²) in [5, 5.41) is 2.76. The second kappa shape index (κ2) is 7.17. The molecule has 6 nitrogen and oxygen atoms in total. The van der Waals surface area contributed by atoms with Gasteiger partial charge in [-0.15, -0.1) is 0 Å². The van der Waals surface area contributed by atoms with Gasteiger partial charge in [0.15, 0.2) is 0 Å². The third-order valence-corrected chi connectivity index (χ3v) is 4.21. The van der Waals surface area contributed by atoms with E-state index in [1.807, 2.05) is 4.90 Å². The van der Waals surface area contributed by atoms with Crippen molar-refractivity contribution in [2.45, 2.75) is 12.8 Å². The highest BCUT2D eigenvalue weighted by atomic mass is 16.2. The fraction of sp³-hybridized carbons (Fsp3) is 0.211. The minimum absolute atomic E-state index is 0.0254. The van der Waals surface area contributed by atoms with Gasteiger partial charge in [-0.1, -0.05) is 0 Å². The molecule has 1 heterocycles. The first-order valence-corrected chi connectivity index (χ1v) is 8.15. The highest BCUT2D eigenvalue weighted by Gasteiger charge is 2.19. The predicted molar refractivity (Wildman–Crippen MR) is 94.5 cm³/mol. The fourth-order valence-electron chi connectivity index (χ4n) is 2.79. The number of carbonyl (C=O) groups excluding carboxylic acids is 3. The van der Waals surface area contributed by atoms with Crippen molar-refractivity contribution in [3.63, 3.8) is 0 Å². The highest BCUT2D eigenvalue weighted by molar-refractivity contribution is 6.05. The molecule has 1 aliphatic heterocycles. The molecule has 128 valence electrons. The Morgan fingerprint density at radius 1 is 0.800 bits per heavy atom. The average molecular weight is 337 g/mol. The standard InChI is InChI=1S/C19H19N3O3/c20-17(23)13-3-5-14(6-4-13)18(24)21-16-9-7-15(8-10-16)19(25)22-11-1-2-12-22/h3-10H,1-2,11-12H2,(H2,20,23)(H,21,24). The van der Waals surface area contributed by atoms with Crippen LogP contribution in [0, 0.1) is 0 Å². The van der Waals surface area contributed by atoms with E-state index in [0.29, 0.717) is 22.4 Å². The molecule has 1 saturated heterocycles. The molecule has 3 N–H and O–H groups in total. The number of nitrogens with zero attached hydrogens (tertiary/aromatic N) is 1. The summed E-state index contributed by atoms with van der Waals surface area (Å²) in [6.07, 6.45) is 2.10. The zero-order chi connectivity index (χ0) is 17.8. The van der Waals surface area contributed by atoms with Gasteiger partial charge in [0, 0.05) is 35.5 Å². The lowest BCUT2D eigenvalue weighted by Crippen LogP contribution is -2.27. The first-order chi connectivity index (χ1) is 12.0. The van der Waals surface area contributed by atoms with Gasteiger partial charge in [0.25, 0.3) is 11.8 Å². The van der Waals surface area contributed by atoms with Crippen molar-refractivity contribution >= 4 is 23.4 Å². The zero-order valence-electron chi connectivity index (χ0n) is 13.7. The van der Waals surface area contributed by atoms with Crippen LogP contribution in [0.2, 0.25) is 0 Å². The Morgan fingerprint density at radius 2 is 1.32 bits per heavy atom. The Bertz CT molecular complexity index is 792. The number of hydrogen-bond donors (Lipinski definition) is 2. The number of likely N-dealkylation sites (tertiary alicyclic amines) is 1. The Hall–Kier alpha value is -3.15. The van der Waals surface area contributed by atoms with E-state index in [4.69, 9.17) is 5.73 Å². The maximum atomic E-state index is 12.3. The fourth-order valence-corrected chi connectivity index (χ4v) is 2.79. The third kappa shape index (κ3) is 3.85. The Balaban J connectivity index is 1.65. The van der Waals surface area contributed by atoms with Gasteiger partial charge in [-0.05, 0) is 61.4 Å². The van der Waals surface area contributed by atoms with Crippen molar-refractivity contribution in [1.29, 1.82) is 0 Å². The second-order valence-corrected chi connectivity index (χ2v) is 5.97. The van der Waals surface area contributed by atoms with Crippen molar-refractivity contribution in [2.75, 3.05) is 18.4 Å². The van der Waals surface area contributed by atoms with Gasteiger partial charge in [0.05, 0.1) is 0 Å². The van der Waals surface area contributed by atoms with Crippen LogP contribution >= 0.6 is 0 Å². The molecule has 3 amide bonds. The molecule has 0 aromatic heterocycles. The van der Waals surface area contributed by atoms with E-state index in [1.165, 1.54) is 12.1 Å². The molecule has 0 bridgehead atoms. The lowest BCUT2D eigenvalue weighted by molar-refractivity contribution is 0.0792. The van der Waals surface area contributed by atoms with Crippen LogP contribution in [0.1, 0.15) is 43.9 Å². The third-order valence-electron chi connectivity index (χ3n) is 4.21. The van der Waals surface area contributed by atoms with Crippen LogP contribution in [0.25, 0.3) is 0 Å². The molecular formula is C19H19N3O3. The Kier molecular flexibility index (Phi) is 4.79. The Morgan fingerprint density at radius 3 is 1.88 bits per heavy atom. The van der Waals surface area contributed by atoms with Gasteiger partial charge in [0.2, 0.25) is 5.91 Å². The van der Waals surface area contributed by atoms with Crippen LogP contribution in [-0.4, -0.2) is 35.7 Å². The molecule has 0 saturated carbocycles. The Labute approximate surface area is 145 Å². The average Bonchev–Trinajstić information content (AvgIpc) is 3.16. The number of hydrogen-bond acceptors (Lipinski definition) is 3. The van der Waals surface area contributed by atoms with E-state index in [2.05, 4.69) is 5.32 Å². The van der Waals surface area contributed by atoms with E-state index in [0.717, 1.165) is 25.9 Å². The summed E-state index contributed by atoms with van der Waals surface area (Å²) in [6, 6.07) is 12.9. The number of nitrogens with two attached hydrogens (primary N) is 1. The smallest absolute Gasteiger partial charge is 0.255 e. The number of nitrogens with one attached hydrogen (secondary N) is 1. The molecule has 2 aromatic rings. The van der Waals surface area contributed by atoms with E-state index >= 15 is 0 Å². The number of primary amides is 1. The molecule has 25 heavy (non-hydrogen) atoms. The van der Waals surface area contributed by atoms with Crippen molar-refractivity contribution in [1.82, 2.24) is 4.90 Å². The van der Waals surface area contributed by atoms with Crippen molar-refractivity contribution in [3.8, 4) is 0 Å². The van der Waals surface area contributed by atoms with Gasteiger partial charge in [0.1, 0.15) is 0 Å². The van der Waals surface area contributed by atoms with Crippen molar-refractivity contribution < 1.29 is 14.4 Å². The summed E-state index contributed by atoms with van der Waals surface area (Å²) in [5.74, 6) is -0.808. The van der Waals surface area contributed by atoms with Crippen LogP contribution in [-0.2, 0) is 0 Å². The summed E-state index contributed by atoms with van der Waals surface area (Å²) in [4.78, 5) is 37.4. The van der Waals surface area contributed by atoms with E-state index in [1.54, 1.807) is 36.4 Å². The summed E-state index contributed by atoms with van der Waals surface area (Å²) in [5.41, 5.74) is 7.16. The molecule has 1 aliphatic rings. The molecule has 2 aromatic carbocycles. The summed E-state index contributed by atoms with van der Waals surface area (Å²) >= 11 is 0. The highest BCUT2D eigenvalue weighted by Crippen LogP contribution is 2.16. The minimum atomic E-state index is -0.537.